The Morgan fingerprint density at radius 2 is 1.87 bits per heavy atom. The van der Waals surface area contributed by atoms with Gasteiger partial charge in [-0.05, 0) is 19.0 Å². The molecule has 0 unspecified atom stereocenters. The van der Waals surface area contributed by atoms with E-state index in [0.29, 0.717) is 10.9 Å². The Labute approximate surface area is 147 Å². The van der Waals surface area contributed by atoms with Crippen molar-refractivity contribution < 1.29 is 4.79 Å². The van der Waals surface area contributed by atoms with E-state index in [9.17, 15) is 4.79 Å². The first-order valence-electron chi connectivity index (χ1n) is 7.85. The molecule has 1 amide bonds. The van der Waals surface area contributed by atoms with E-state index in [4.69, 9.17) is 12.2 Å². The van der Waals surface area contributed by atoms with Crippen LogP contribution < -0.4 is 0 Å². The summed E-state index contributed by atoms with van der Waals surface area (Å²) in [6.07, 6.45) is 2.82. The molecule has 0 aliphatic carbocycles. The van der Waals surface area contributed by atoms with Crippen LogP contribution in [0.5, 0.6) is 0 Å². The number of amides is 1. The number of benzene rings is 1. The average Bonchev–Trinajstić information content (AvgIpc) is 2.82. The SMILES string of the molecule is CN1CCN(/C=C2/SC(=S)N(CCc3ccccc3)C2=O)CC1. The first kappa shape index (κ1) is 16.5. The number of carbonyl (C=O) groups is 1. The zero-order valence-electron chi connectivity index (χ0n) is 13.3. The molecule has 2 aliphatic rings. The Balaban J connectivity index is 1.61. The van der Waals surface area contributed by atoms with Crippen LogP contribution in [0, 0.1) is 0 Å². The van der Waals surface area contributed by atoms with E-state index in [2.05, 4.69) is 29.0 Å². The number of rotatable bonds is 4. The van der Waals surface area contributed by atoms with Crippen molar-refractivity contribution in [2.75, 3.05) is 39.8 Å². The third-order valence-corrected chi connectivity index (χ3v) is 5.54. The van der Waals surface area contributed by atoms with Crippen LogP contribution in [0.25, 0.3) is 0 Å². The van der Waals surface area contributed by atoms with Crippen LogP contribution in [-0.2, 0) is 11.2 Å². The lowest BCUT2D eigenvalue weighted by atomic mass is 10.1. The van der Waals surface area contributed by atoms with E-state index in [1.807, 2.05) is 24.4 Å². The van der Waals surface area contributed by atoms with E-state index in [1.54, 1.807) is 4.90 Å². The summed E-state index contributed by atoms with van der Waals surface area (Å²) in [6.45, 7) is 4.64. The molecule has 0 saturated carbocycles. The molecular formula is C17H21N3OS2. The van der Waals surface area contributed by atoms with Crippen molar-refractivity contribution in [3.8, 4) is 0 Å². The van der Waals surface area contributed by atoms with Crippen molar-refractivity contribution in [2.45, 2.75) is 6.42 Å². The predicted molar refractivity (Wildman–Crippen MR) is 99.2 cm³/mol. The third-order valence-electron chi connectivity index (χ3n) is 4.18. The van der Waals surface area contributed by atoms with Gasteiger partial charge in [0.05, 0.1) is 4.91 Å². The number of thioether (sulfide) groups is 1. The molecule has 122 valence electrons. The summed E-state index contributed by atoms with van der Waals surface area (Å²) in [6, 6.07) is 10.2. The lowest BCUT2D eigenvalue weighted by Gasteiger charge is -2.31. The van der Waals surface area contributed by atoms with E-state index < -0.39 is 0 Å². The number of piperazine rings is 1. The Morgan fingerprint density at radius 3 is 2.57 bits per heavy atom. The summed E-state index contributed by atoms with van der Waals surface area (Å²) in [5, 5.41) is 0. The normalized spacial score (nSPS) is 21.5. The van der Waals surface area contributed by atoms with Gasteiger partial charge in [-0.1, -0.05) is 54.3 Å². The van der Waals surface area contributed by atoms with Crippen LogP contribution in [0.2, 0.25) is 0 Å². The summed E-state index contributed by atoms with van der Waals surface area (Å²) in [5.41, 5.74) is 1.23. The Bertz CT molecular complexity index is 610. The van der Waals surface area contributed by atoms with Gasteiger partial charge in [0, 0.05) is 38.9 Å². The molecule has 0 N–H and O–H groups in total. The summed E-state index contributed by atoms with van der Waals surface area (Å²) in [5.74, 6) is 0.0508. The van der Waals surface area contributed by atoms with Crippen molar-refractivity contribution in [3.05, 3.63) is 47.0 Å². The smallest absolute Gasteiger partial charge is 0.267 e. The minimum atomic E-state index is 0.0508. The summed E-state index contributed by atoms with van der Waals surface area (Å²) in [4.78, 5) is 19.6. The number of likely N-dealkylation sites (N-methyl/N-ethyl adjacent to an activating group) is 1. The molecule has 2 aliphatic heterocycles. The van der Waals surface area contributed by atoms with Crippen LogP contribution >= 0.6 is 24.0 Å². The monoisotopic (exact) mass is 347 g/mol. The quantitative estimate of drug-likeness (QED) is 0.615. The second-order valence-electron chi connectivity index (χ2n) is 5.89. The first-order valence-corrected chi connectivity index (χ1v) is 9.08. The fourth-order valence-corrected chi connectivity index (χ4v) is 4.00. The van der Waals surface area contributed by atoms with E-state index in [1.165, 1.54) is 17.3 Å². The fraction of sp³-hybridized carbons (Fsp3) is 0.412. The molecule has 0 atom stereocenters. The Kier molecular flexibility index (Phi) is 5.35. The number of thiocarbonyl (C=S) groups is 1. The molecule has 23 heavy (non-hydrogen) atoms. The lowest BCUT2D eigenvalue weighted by molar-refractivity contribution is -0.122. The van der Waals surface area contributed by atoms with Gasteiger partial charge in [0.1, 0.15) is 4.32 Å². The first-order chi connectivity index (χ1) is 11.1. The van der Waals surface area contributed by atoms with Gasteiger partial charge in [-0.15, -0.1) is 0 Å². The zero-order valence-corrected chi connectivity index (χ0v) is 14.9. The predicted octanol–water partition coefficient (Wildman–Crippen LogP) is 2.18. The van der Waals surface area contributed by atoms with Gasteiger partial charge in [-0.25, -0.2) is 0 Å². The van der Waals surface area contributed by atoms with Gasteiger partial charge >= 0.3 is 0 Å². The molecule has 2 fully saturated rings. The molecule has 4 nitrogen and oxygen atoms in total. The van der Waals surface area contributed by atoms with Crippen molar-refractivity contribution in [1.29, 1.82) is 0 Å². The maximum atomic E-state index is 12.6. The Hall–Kier alpha value is -1.37. The van der Waals surface area contributed by atoms with Gasteiger partial charge in [-0.3, -0.25) is 9.69 Å². The van der Waals surface area contributed by atoms with Crippen molar-refractivity contribution in [3.63, 3.8) is 0 Å². The van der Waals surface area contributed by atoms with Gasteiger partial charge in [0.15, 0.2) is 0 Å². The second-order valence-corrected chi connectivity index (χ2v) is 7.57. The third kappa shape index (κ3) is 4.13. The summed E-state index contributed by atoms with van der Waals surface area (Å²) in [7, 11) is 2.13. The number of hydrogen-bond acceptors (Lipinski definition) is 5. The number of nitrogens with zero attached hydrogens (tertiary/aromatic N) is 3. The zero-order chi connectivity index (χ0) is 16.2. The van der Waals surface area contributed by atoms with Gasteiger partial charge < -0.3 is 9.80 Å². The molecule has 0 bridgehead atoms. The minimum Gasteiger partial charge on any atom is -0.374 e. The fourth-order valence-electron chi connectivity index (χ4n) is 2.69. The van der Waals surface area contributed by atoms with Crippen LogP contribution in [0.1, 0.15) is 5.56 Å². The Morgan fingerprint density at radius 1 is 1.17 bits per heavy atom. The molecule has 6 heteroatoms. The van der Waals surface area contributed by atoms with E-state index >= 15 is 0 Å². The standard InChI is InChI=1S/C17H21N3OS2/c1-18-9-11-19(12-10-18)13-15-16(21)20(17(22)23-15)8-7-14-5-3-2-4-6-14/h2-6,13H,7-12H2,1H3/b15-13+. The molecule has 1 aromatic carbocycles. The molecule has 2 heterocycles. The highest BCUT2D eigenvalue weighted by Crippen LogP contribution is 2.31. The van der Waals surface area contributed by atoms with E-state index in [-0.39, 0.29) is 5.91 Å². The van der Waals surface area contributed by atoms with Crippen molar-refractivity contribution >= 4 is 34.2 Å². The summed E-state index contributed by atoms with van der Waals surface area (Å²) >= 11 is 6.82. The molecule has 1 aromatic rings. The van der Waals surface area contributed by atoms with Crippen molar-refractivity contribution in [2.24, 2.45) is 0 Å². The molecule has 3 rings (SSSR count). The molecular weight excluding hydrogens is 326 g/mol. The minimum absolute atomic E-state index is 0.0508. The average molecular weight is 348 g/mol. The molecule has 0 aromatic heterocycles. The maximum absolute atomic E-state index is 12.6. The number of carbonyl (C=O) groups excluding carboxylic acids is 1. The molecule has 0 radical (unpaired) electrons. The van der Waals surface area contributed by atoms with Crippen molar-refractivity contribution in [1.82, 2.24) is 14.7 Å². The highest BCUT2D eigenvalue weighted by Gasteiger charge is 2.32. The summed E-state index contributed by atoms with van der Waals surface area (Å²) < 4.78 is 0.673. The van der Waals surface area contributed by atoms with E-state index in [0.717, 1.165) is 37.5 Å². The topological polar surface area (TPSA) is 26.8 Å². The van der Waals surface area contributed by atoms with Crippen LogP contribution in [-0.4, -0.2) is 64.7 Å². The van der Waals surface area contributed by atoms with Crippen LogP contribution in [0.3, 0.4) is 0 Å². The van der Waals surface area contributed by atoms with Gasteiger partial charge in [-0.2, -0.15) is 0 Å². The highest BCUT2D eigenvalue weighted by molar-refractivity contribution is 8.26. The molecule has 0 spiro atoms. The van der Waals surface area contributed by atoms with Crippen LogP contribution in [0.15, 0.2) is 41.4 Å². The maximum Gasteiger partial charge on any atom is 0.267 e. The van der Waals surface area contributed by atoms with Crippen LogP contribution in [0.4, 0.5) is 0 Å². The van der Waals surface area contributed by atoms with Gasteiger partial charge in [0.25, 0.3) is 5.91 Å². The van der Waals surface area contributed by atoms with Gasteiger partial charge in [0.2, 0.25) is 0 Å². The largest absolute Gasteiger partial charge is 0.374 e. The second kappa shape index (κ2) is 7.47. The number of hydrogen-bond donors (Lipinski definition) is 0. The highest BCUT2D eigenvalue weighted by atomic mass is 32.2. The molecule has 2 saturated heterocycles. The lowest BCUT2D eigenvalue weighted by Crippen LogP contribution is -2.42.